The Morgan fingerprint density at radius 1 is 1.41 bits per heavy atom. The third-order valence-electron chi connectivity index (χ3n) is 3.07. The molecule has 1 aliphatic rings. The molecule has 0 saturated heterocycles. The molecule has 90 valence electrons. The van der Waals surface area contributed by atoms with Crippen molar-refractivity contribution in [3.05, 3.63) is 35.4 Å². The van der Waals surface area contributed by atoms with Gasteiger partial charge >= 0.3 is 0 Å². The zero-order valence-corrected chi connectivity index (χ0v) is 9.90. The Balaban J connectivity index is 2.05. The monoisotopic (exact) mass is 232 g/mol. The summed E-state index contributed by atoms with van der Waals surface area (Å²) in [6, 6.07) is 7.67. The van der Waals surface area contributed by atoms with Crippen molar-refractivity contribution >= 4 is 11.8 Å². The fraction of sp³-hybridized carbons (Fsp3) is 0.385. The molecule has 1 aromatic carbocycles. The van der Waals surface area contributed by atoms with Crippen molar-refractivity contribution in [2.75, 3.05) is 20.1 Å². The van der Waals surface area contributed by atoms with E-state index < -0.39 is 0 Å². The van der Waals surface area contributed by atoms with Crippen molar-refractivity contribution in [2.24, 2.45) is 0 Å². The van der Waals surface area contributed by atoms with Gasteiger partial charge in [0.25, 0.3) is 5.91 Å². The number of benzene rings is 1. The van der Waals surface area contributed by atoms with Gasteiger partial charge < -0.3 is 10.2 Å². The summed E-state index contributed by atoms with van der Waals surface area (Å²) in [6.07, 6.45) is 1.24. The molecule has 0 atom stereocenters. The van der Waals surface area contributed by atoms with Gasteiger partial charge in [0.2, 0.25) is 5.91 Å². The highest BCUT2D eigenvalue weighted by Gasteiger charge is 2.23. The normalized spacial score (nSPS) is 14.4. The minimum absolute atomic E-state index is 0.0309. The molecule has 0 spiro atoms. The number of nitrogens with zero attached hydrogens (tertiary/aromatic N) is 1. The number of rotatable bonds is 3. The third kappa shape index (κ3) is 2.46. The van der Waals surface area contributed by atoms with Crippen molar-refractivity contribution in [1.29, 1.82) is 0 Å². The Morgan fingerprint density at radius 2 is 2.18 bits per heavy atom. The van der Waals surface area contributed by atoms with Gasteiger partial charge in [-0.2, -0.15) is 0 Å². The Hall–Kier alpha value is -1.84. The van der Waals surface area contributed by atoms with Gasteiger partial charge in [0.05, 0.1) is 0 Å². The van der Waals surface area contributed by atoms with Gasteiger partial charge in [-0.25, -0.2) is 0 Å². The van der Waals surface area contributed by atoms with Crippen LogP contribution in [0.5, 0.6) is 0 Å². The first-order chi connectivity index (χ1) is 8.22. The molecule has 4 heteroatoms. The molecule has 2 rings (SSSR count). The highest BCUT2D eigenvalue weighted by molar-refractivity contribution is 5.96. The molecule has 1 N–H and O–H groups in total. The quantitative estimate of drug-likeness (QED) is 0.838. The van der Waals surface area contributed by atoms with E-state index in [0.29, 0.717) is 19.5 Å². The minimum Gasteiger partial charge on any atom is -0.359 e. The standard InChI is InChI=1S/C13H16N2O2/c1-14-12(16)7-9-15-8-6-10-4-2-3-5-11(10)13(15)17/h2-5H,6-9H2,1H3,(H,14,16). The average Bonchev–Trinajstić information content (AvgIpc) is 2.38. The lowest BCUT2D eigenvalue weighted by Crippen LogP contribution is -2.39. The van der Waals surface area contributed by atoms with E-state index in [9.17, 15) is 9.59 Å². The topological polar surface area (TPSA) is 49.4 Å². The van der Waals surface area contributed by atoms with Gasteiger partial charge in [-0.15, -0.1) is 0 Å². The van der Waals surface area contributed by atoms with Crippen LogP contribution in [0.4, 0.5) is 0 Å². The van der Waals surface area contributed by atoms with E-state index in [2.05, 4.69) is 5.32 Å². The lowest BCUT2D eigenvalue weighted by molar-refractivity contribution is -0.120. The molecule has 0 bridgehead atoms. The predicted molar refractivity (Wildman–Crippen MR) is 64.7 cm³/mol. The highest BCUT2D eigenvalue weighted by Crippen LogP contribution is 2.18. The molecule has 0 radical (unpaired) electrons. The molecular formula is C13H16N2O2. The van der Waals surface area contributed by atoms with Crippen LogP contribution >= 0.6 is 0 Å². The van der Waals surface area contributed by atoms with Gasteiger partial charge in [0.1, 0.15) is 0 Å². The lowest BCUT2D eigenvalue weighted by atomic mass is 9.99. The van der Waals surface area contributed by atoms with E-state index in [1.165, 1.54) is 0 Å². The van der Waals surface area contributed by atoms with E-state index in [1.54, 1.807) is 11.9 Å². The summed E-state index contributed by atoms with van der Waals surface area (Å²) < 4.78 is 0. The number of fused-ring (bicyclic) bond motifs is 1. The molecule has 0 aliphatic carbocycles. The summed E-state index contributed by atoms with van der Waals surface area (Å²) in [5, 5.41) is 2.56. The smallest absolute Gasteiger partial charge is 0.254 e. The Kier molecular flexibility index (Phi) is 3.42. The fourth-order valence-corrected chi connectivity index (χ4v) is 2.05. The summed E-state index contributed by atoms with van der Waals surface area (Å²) >= 11 is 0. The van der Waals surface area contributed by atoms with E-state index in [4.69, 9.17) is 0 Å². The van der Waals surface area contributed by atoms with Crippen LogP contribution in [-0.4, -0.2) is 36.9 Å². The molecule has 1 aromatic rings. The van der Waals surface area contributed by atoms with E-state index in [0.717, 1.165) is 17.5 Å². The molecule has 0 aromatic heterocycles. The second kappa shape index (κ2) is 4.99. The third-order valence-corrected chi connectivity index (χ3v) is 3.07. The van der Waals surface area contributed by atoms with Crippen LogP contribution in [0.15, 0.2) is 24.3 Å². The van der Waals surface area contributed by atoms with E-state index in [1.807, 2.05) is 24.3 Å². The van der Waals surface area contributed by atoms with Crippen molar-refractivity contribution in [3.8, 4) is 0 Å². The molecule has 4 nitrogen and oxygen atoms in total. The van der Waals surface area contributed by atoms with Crippen LogP contribution in [0, 0.1) is 0 Å². The maximum atomic E-state index is 12.1. The van der Waals surface area contributed by atoms with E-state index in [-0.39, 0.29) is 11.8 Å². The zero-order chi connectivity index (χ0) is 12.3. The second-order valence-corrected chi connectivity index (χ2v) is 4.12. The molecular weight excluding hydrogens is 216 g/mol. The first-order valence-electron chi connectivity index (χ1n) is 5.80. The predicted octanol–water partition coefficient (Wildman–Crippen LogP) is 0.821. The largest absolute Gasteiger partial charge is 0.359 e. The Bertz CT molecular complexity index is 443. The summed E-state index contributed by atoms with van der Waals surface area (Å²) in [6.45, 7) is 1.19. The number of hydrogen-bond acceptors (Lipinski definition) is 2. The fourth-order valence-electron chi connectivity index (χ4n) is 2.05. The van der Waals surface area contributed by atoms with Crippen molar-refractivity contribution in [3.63, 3.8) is 0 Å². The van der Waals surface area contributed by atoms with Crippen LogP contribution in [0.25, 0.3) is 0 Å². The molecule has 17 heavy (non-hydrogen) atoms. The lowest BCUT2D eigenvalue weighted by Gasteiger charge is -2.28. The maximum Gasteiger partial charge on any atom is 0.254 e. The van der Waals surface area contributed by atoms with Crippen molar-refractivity contribution in [2.45, 2.75) is 12.8 Å². The molecule has 0 fully saturated rings. The van der Waals surface area contributed by atoms with Gasteiger partial charge in [0.15, 0.2) is 0 Å². The minimum atomic E-state index is -0.0309. The first kappa shape index (κ1) is 11.6. The highest BCUT2D eigenvalue weighted by atomic mass is 16.2. The van der Waals surface area contributed by atoms with Gasteiger partial charge in [0, 0.05) is 32.1 Å². The average molecular weight is 232 g/mol. The van der Waals surface area contributed by atoms with Gasteiger partial charge in [-0.1, -0.05) is 18.2 Å². The van der Waals surface area contributed by atoms with Gasteiger partial charge in [-0.3, -0.25) is 9.59 Å². The maximum absolute atomic E-state index is 12.1. The van der Waals surface area contributed by atoms with Crippen molar-refractivity contribution in [1.82, 2.24) is 10.2 Å². The van der Waals surface area contributed by atoms with Crippen molar-refractivity contribution < 1.29 is 9.59 Å². The molecule has 0 saturated carbocycles. The summed E-state index contributed by atoms with van der Waals surface area (Å²) in [7, 11) is 1.61. The molecule has 0 unspecified atom stereocenters. The number of amides is 2. The number of carbonyl (C=O) groups is 2. The number of hydrogen-bond donors (Lipinski definition) is 1. The van der Waals surface area contributed by atoms with E-state index >= 15 is 0 Å². The zero-order valence-electron chi connectivity index (χ0n) is 9.90. The summed E-state index contributed by atoms with van der Waals surface area (Å²) in [5.41, 5.74) is 1.88. The van der Waals surface area contributed by atoms with Crippen LogP contribution in [0.2, 0.25) is 0 Å². The Morgan fingerprint density at radius 3 is 2.94 bits per heavy atom. The first-order valence-corrected chi connectivity index (χ1v) is 5.80. The summed E-state index contributed by atoms with van der Waals surface area (Å²) in [5.74, 6) is 0.00686. The number of carbonyl (C=O) groups excluding carboxylic acids is 2. The molecule has 2 amide bonds. The van der Waals surface area contributed by atoms with Crippen LogP contribution < -0.4 is 5.32 Å². The molecule has 1 aliphatic heterocycles. The molecule has 1 heterocycles. The number of nitrogens with one attached hydrogen (secondary N) is 1. The Labute approximate surface area is 101 Å². The van der Waals surface area contributed by atoms with Crippen LogP contribution in [0.3, 0.4) is 0 Å². The second-order valence-electron chi connectivity index (χ2n) is 4.12. The van der Waals surface area contributed by atoms with Crippen LogP contribution in [-0.2, 0) is 11.2 Å². The summed E-state index contributed by atoms with van der Waals surface area (Å²) in [4.78, 5) is 25.0. The SMILES string of the molecule is CNC(=O)CCN1CCc2ccccc2C1=O. The van der Waals surface area contributed by atoms with Crippen LogP contribution in [0.1, 0.15) is 22.3 Å². The van der Waals surface area contributed by atoms with Gasteiger partial charge in [-0.05, 0) is 18.1 Å².